The van der Waals surface area contributed by atoms with Gasteiger partial charge >= 0.3 is 0 Å². The largest absolute Gasteiger partial charge is 0.508 e. The maximum atomic E-state index is 9.57. The minimum atomic E-state index is 0.0239. The SMILES string of the molecule is Cc1ccc(O)c(C(C)(C)C)c1.Cc1ccc(O)cc1. The van der Waals surface area contributed by atoms with Gasteiger partial charge in [-0.1, -0.05) is 56.2 Å². The lowest BCUT2D eigenvalue weighted by Crippen LogP contribution is -2.11. The molecule has 2 nitrogen and oxygen atoms in total. The molecule has 0 unspecified atom stereocenters. The van der Waals surface area contributed by atoms with Crippen molar-refractivity contribution in [3.8, 4) is 11.5 Å². The van der Waals surface area contributed by atoms with Gasteiger partial charge in [-0.15, -0.1) is 0 Å². The first-order valence-electron chi connectivity index (χ1n) is 6.76. The Morgan fingerprint density at radius 1 is 0.750 bits per heavy atom. The van der Waals surface area contributed by atoms with Crippen LogP contribution < -0.4 is 0 Å². The number of benzene rings is 2. The van der Waals surface area contributed by atoms with Crippen molar-refractivity contribution in [2.24, 2.45) is 0 Å². The second-order valence-corrected chi connectivity index (χ2v) is 6.11. The molecule has 2 aromatic carbocycles. The van der Waals surface area contributed by atoms with Crippen LogP contribution in [0.15, 0.2) is 42.5 Å². The van der Waals surface area contributed by atoms with Crippen LogP contribution in [0, 0.1) is 13.8 Å². The third kappa shape index (κ3) is 4.96. The number of rotatable bonds is 0. The van der Waals surface area contributed by atoms with E-state index in [9.17, 15) is 5.11 Å². The van der Waals surface area contributed by atoms with Crippen molar-refractivity contribution in [2.75, 3.05) is 0 Å². The van der Waals surface area contributed by atoms with Crippen LogP contribution in [0.25, 0.3) is 0 Å². The fourth-order valence-electron chi connectivity index (χ4n) is 1.80. The van der Waals surface area contributed by atoms with E-state index >= 15 is 0 Å². The van der Waals surface area contributed by atoms with Crippen LogP contribution in [-0.2, 0) is 5.41 Å². The molecular formula is C18H24O2. The van der Waals surface area contributed by atoms with Crippen LogP contribution in [0.3, 0.4) is 0 Å². The van der Waals surface area contributed by atoms with Crippen LogP contribution in [0.2, 0.25) is 0 Å². The van der Waals surface area contributed by atoms with E-state index in [2.05, 4.69) is 20.8 Å². The maximum absolute atomic E-state index is 9.57. The highest BCUT2D eigenvalue weighted by molar-refractivity contribution is 5.40. The van der Waals surface area contributed by atoms with E-state index < -0.39 is 0 Å². The van der Waals surface area contributed by atoms with Crippen LogP contribution >= 0.6 is 0 Å². The standard InChI is InChI=1S/C11H16O.C7H8O/c1-8-5-6-10(12)9(7-8)11(2,3)4;1-6-2-4-7(8)5-3-6/h5-7,12H,1-4H3;2-5,8H,1H3. The molecule has 0 fully saturated rings. The summed E-state index contributed by atoms with van der Waals surface area (Å²) in [6.45, 7) is 10.3. The number of phenols is 2. The zero-order valence-electron chi connectivity index (χ0n) is 12.9. The van der Waals surface area contributed by atoms with Gasteiger partial charge in [0.25, 0.3) is 0 Å². The molecule has 0 aromatic heterocycles. The molecule has 0 aliphatic heterocycles. The van der Waals surface area contributed by atoms with E-state index in [1.54, 1.807) is 18.2 Å². The van der Waals surface area contributed by atoms with E-state index in [-0.39, 0.29) is 5.41 Å². The Labute approximate surface area is 121 Å². The lowest BCUT2D eigenvalue weighted by Gasteiger charge is -2.20. The normalized spacial score (nSPS) is 10.7. The van der Waals surface area contributed by atoms with Crippen LogP contribution in [-0.4, -0.2) is 10.2 Å². The molecule has 2 N–H and O–H groups in total. The van der Waals surface area contributed by atoms with Gasteiger partial charge in [0.15, 0.2) is 0 Å². The quantitative estimate of drug-likeness (QED) is 0.730. The summed E-state index contributed by atoms with van der Waals surface area (Å²) in [5.41, 5.74) is 3.40. The van der Waals surface area contributed by atoms with E-state index in [0.717, 1.165) is 5.56 Å². The van der Waals surface area contributed by atoms with E-state index in [1.165, 1.54) is 11.1 Å². The first kappa shape index (κ1) is 16.1. The Balaban J connectivity index is 0.000000217. The van der Waals surface area contributed by atoms with Crippen molar-refractivity contribution in [3.05, 3.63) is 59.2 Å². The predicted molar refractivity (Wildman–Crippen MR) is 84.4 cm³/mol. The van der Waals surface area contributed by atoms with Crippen molar-refractivity contribution < 1.29 is 10.2 Å². The highest BCUT2D eigenvalue weighted by atomic mass is 16.3. The van der Waals surface area contributed by atoms with Crippen LogP contribution in [0.5, 0.6) is 11.5 Å². The predicted octanol–water partition coefficient (Wildman–Crippen LogP) is 4.70. The summed E-state index contributed by atoms with van der Waals surface area (Å²) >= 11 is 0. The van der Waals surface area contributed by atoms with Gasteiger partial charge in [-0.3, -0.25) is 0 Å². The smallest absolute Gasteiger partial charge is 0.119 e. The summed E-state index contributed by atoms with van der Waals surface area (Å²) in [6.07, 6.45) is 0. The van der Waals surface area contributed by atoms with Gasteiger partial charge in [-0.05, 0) is 43.0 Å². The zero-order chi connectivity index (χ0) is 15.3. The average Bonchev–Trinajstić information content (AvgIpc) is 2.35. The van der Waals surface area contributed by atoms with Crippen LogP contribution in [0.1, 0.15) is 37.5 Å². The molecular weight excluding hydrogens is 248 g/mol. The van der Waals surface area contributed by atoms with Gasteiger partial charge in [-0.25, -0.2) is 0 Å². The average molecular weight is 272 g/mol. The summed E-state index contributed by atoms with van der Waals surface area (Å²) in [5, 5.41) is 18.3. The second kappa shape index (κ2) is 6.47. The Bertz CT molecular complexity index is 528. The first-order valence-corrected chi connectivity index (χ1v) is 6.76. The molecule has 0 aliphatic carbocycles. The Kier molecular flexibility index (Phi) is 5.20. The topological polar surface area (TPSA) is 40.5 Å². The third-order valence-corrected chi connectivity index (χ3v) is 2.99. The molecule has 0 atom stereocenters. The second-order valence-electron chi connectivity index (χ2n) is 6.11. The summed E-state index contributed by atoms with van der Waals surface area (Å²) in [4.78, 5) is 0. The summed E-state index contributed by atoms with van der Waals surface area (Å²) in [5.74, 6) is 0.726. The van der Waals surface area contributed by atoms with Crippen molar-refractivity contribution in [1.82, 2.24) is 0 Å². The lowest BCUT2D eigenvalue weighted by molar-refractivity contribution is 0.446. The molecule has 2 aromatic rings. The lowest BCUT2D eigenvalue weighted by atomic mass is 9.85. The minimum absolute atomic E-state index is 0.0239. The van der Waals surface area contributed by atoms with E-state index in [1.807, 2.05) is 38.1 Å². The summed E-state index contributed by atoms with van der Waals surface area (Å²) in [6, 6.07) is 12.8. The Morgan fingerprint density at radius 2 is 1.25 bits per heavy atom. The summed E-state index contributed by atoms with van der Waals surface area (Å²) in [7, 11) is 0. The molecule has 108 valence electrons. The van der Waals surface area contributed by atoms with Gasteiger partial charge in [0.1, 0.15) is 11.5 Å². The van der Waals surface area contributed by atoms with Crippen molar-refractivity contribution in [1.29, 1.82) is 0 Å². The molecule has 2 heteroatoms. The van der Waals surface area contributed by atoms with Gasteiger partial charge in [0, 0.05) is 0 Å². The van der Waals surface area contributed by atoms with E-state index in [0.29, 0.717) is 11.5 Å². The molecule has 0 aliphatic rings. The number of hydrogen-bond acceptors (Lipinski definition) is 2. The van der Waals surface area contributed by atoms with Crippen molar-refractivity contribution in [2.45, 2.75) is 40.0 Å². The number of aryl methyl sites for hydroxylation is 2. The number of hydrogen-bond donors (Lipinski definition) is 2. The van der Waals surface area contributed by atoms with Crippen molar-refractivity contribution in [3.63, 3.8) is 0 Å². The highest BCUT2D eigenvalue weighted by Crippen LogP contribution is 2.30. The maximum Gasteiger partial charge on any atom is 0.119 e. The van der Waals surface area contributed by atoms with E-state index in [4.69, 9.17) is 5.11 Å². The monoisotopic (exact) mass is 272 g/mol. The van der Waals surface area contributed by atoms with Gasteiger partial charge in [0.05, 0.1) is 0 Å². The Hall–Kier alpha value is -1.96. The van der Waals surface area contributed by atoms with Gasteiger partial charge in [0.2, 0.25) is 0 Å². The fourth-order valence-corrected chi connectivity index (χ4v) is 1.80. The third-order valence-electron chi connectivity index (χ3n) is 2.99. The molecule has 0 radical (unpaired) electrons. The molecule has 0 amide bonds. The minimum Gasteiger partial charge on any atom is -0.508 e. The Morgan fingerprint density at radius 3 is 1.65 bits per heavy atom. The van der Waals surface area contributed by atoms with Crippen molar-refractivity contribution >= 4 is 0 Å². The first-order chi connectivity index (χ1) is 9.20. The molecule has 2 rings (SSSR count). The number of phenolic OH excluding ortho intramolecular Hbond substituents is 2. The number of aromatic hydroxyl groups is 2. The van der Waals surface area contributed by atoms with Crippen LogP contribution in [0.4, 0.5) is 0 Å². The highest BCUT2D eigenvalue weighted by Gasteiger charge is 2.17. The van der Waals surface area contributed by atoms with Gasteiger partial charge < -0.3 is 10.2 Å². The molecule has 0 saturated heterocycles. The summed E-state index contributed by atoms with van der Waals surface area (Å²) < 4.78 is 0. The molecule has 0 heterocycles. The zero-order valence-corrected chi connectivity index (χ0v) is 12.9. The fraction of sp³-hybridized carbons (Fsp3) is 0.333. The molecule has 0 saturated carbocycles. The molecule has 20 heavy (non-hydrogen) atoms. The molecule has 0 bridgehead atoms. The van der Waals surface area contributed by atoms with Gasteiger partial charge in [-0.2, -0.15) is 0 Å². The molecule has 0 spiro atoms.